The maximum Gasteiger partial charge on any atom is 0.241 e. The highest BCUT2D eigenvalue weighted by atomic mass is 32.2. The number of hydrogen-bond acceptors (Lipinski definition) is 3. The lowest BCUT2D eigenvalue weighted by atomic mass is 10.1. The molecule has 0 spiro atoms. The van der Waals surface area contributed by atoms with E-state index in [4.69, 9.17) is 0 Å². The number of benzene rings is 1. The summed E-state index contributed by atoms with van der Waals surface area (Å²) >= 11 is 0. The van der Waals surface area contributed by atoms with Crippen LogP contribution in [-0.2, 0) is 23.1 Å². The molecule has 1 atom stereocenters. The molecule has 0 aliphatic heterocycles. The summed E-state index contributed by atoms with van der Waals surface area (Å²) in [5.74, 6) is 0. The lowest BCUT2D eigenvalue weighted by Gasteiger charge is -2.16. The van der Waals surface area contributed by atoms with Gasteiger partial charge in [0.2, 0.25) is 10.0 Å². The van der Waals surface area contributed by atoms with Gasteiger partial charge >= 0.3 is 0 Å². The minimum absolute atomic E-state index is 0.0796. The van der Waals surface area contributed by atoms with Crippen molar-refractivity contribution in [2.24, 2.45) is 0 Å². The van der Waals surface area contributed by atoms with Crippen LogP contribution < -0.4 is 4.72 Å². The van der Waals surface area contributed by atoms with Crippen molar-refractivity contribution in [2.75, 3.05) is 0 Å². The molecule has 0 aliphatic carbocycles. The van der Waals surface area contributed by atoms with Gasteiger partial charge in [0, 0.05) is 6.04 Å². The Morgan fingerprint density at radius 1 is 1.24 bits per heavy atom. The summed E-state index contributed by atoms with van der Waals surface area (Å²) in [6.07, 6.45) is 4.75. The molecule has 1 rings (SSSR count). The standard InChI is InChI=1S/C16H27NO3S/c1-4-6-7-8-13(3)17-21(19,20)16-11-14(12-18)9-10-15(16)5-2/h9-11,13,17-18H,4-8,12H2,1-3H3. The van der Waals surface area contributed by atoms with Crippen LogP contribution >= 0.6 is 0 Å². The van der Waals surface area contributed by atoms with E-state index < -0.39 is 10.0 Å². The molecule has 5 heteroatoms. The van der Waals surface area contributed by atoms with Gasteiger partial charge in [0.1, 0.15) is 0 Å². The molecular weight excluding hydrogens is 286 g/mol. The first-order valence-electron chi connectivity index (χ1n) is 7.69. The fourth-order valence-corrected chi connectivity index (χ4v) is 3.97. The van der Waals surface area contributed by atoms with Gasteiger partial charge in [-0.25, -0.2) is 13.1 Å². The lowest BCUT2D eigenvalue weighted by Crippen LogP contribution is -2.33. The van der Waals surface area contributed by atoms with Crippen LogP contribution in [0, 0.1) is 0 Å². The maximum absolute atomic E-state index is 12.5. The minimum atomic E-state index is -3.53. The van der Waals surface area contributed by atoms with E-state index in [1.54, 1.807) is 18.2 Å². The van der Waals surface area contributed by atoms with E-state index in [2.05, 4.69) is 11.6 Å². The average Bonchev–Trinajstić information content (AvgIpc) is 2.46. The van der Waals surface area contributed by atoms with Crippen molar-refractivity contribution in [3.05, 3.63) is 29.3 Å². The van der Waals surface area contributed by atoms with E-state index in [1.165, 1.54) is 0 Å². The van der Waals surface area contributed by atoms with Crippen LogP contribution in [0.4, 0.5) is 0 Å². The Bertz CT molecular complexity index is 540. The van der Waals surface area contributed by atoms with Crippen molar-refractivity contribution in [1.29, 1.82) is 0 Å². The number of rotatable bonds is 9. The van der Waals surface area contributed by atoms with Gasteiger partial charge in [-0.05, 0) is 37.0 Å². The van der Waals surface area contributed by atoms with Crippen LogP contribution in [0.3, 0.4) is 0 Å². The fourth-order valence-electron chi connectivity index (χ4n) is 2.33. The number of aliphatic hydroxyl groups is 1. The molecule has 1 aromatic rings. The molecule has 0 fully saturated rings. The fraction of sp³-hybridized carbons (Fsp3) is 0.625. The Morgan fingerprint density at radius 2 is 1.95 bits per heavy atom. The van der Waals surface area contributed by atoms with Gasteiger partial charge in [-0.2, -0.15) is 0 Å². The number of sulfonamides is 1. The van der Waals surface area contributed by atoms with Crippen LogP contribution in [-0.4, -0.2) is 19.6 Å². The highest BCUT2D eigenvalue weighted by Crippen LogP contribution is 2.19. The van der Waals surface area contributed by atoms with Crippen molar-refractivity contribution in [3.63, 3.8) is 0 Å². The number of aliphatic hydroxyl groups excluding tert-OH is 1. The predicted octanol–water partition coefficient (Wildman–Crippen LogP) is 2.99. The molecule has 0 aromatic heterocycles. The van der Waals surface area contributed by atoms with Crippen LogP contribution in [0.2, 0.25) is 0 Å². The molecule has 0 radical (unpaired) electrons. The predicted molar refractivity (Wildman–Crippen MR) is 85.7 cm³/mol. The summed E-state index contributed by atoms with van der Waals surface area (Å²) in [5, 5.41) is 9.20. The van der Waals surface area contributed by atoms with Crippen LogP contribution in [0.25, 0.3) is 0 Å². The summed E-state index contributed by atoms with van der Waals surface area (Å²) in [5.41, 5.74) is 1.40. The third kappa shape index (κ3) is 5.41. The molecule has 1 aromatic carbocycles. The molecular formula is C16H27NO3S. The largest absolute Gasteiger partial charge is 0.392 e. The van der Waals surface area contributed by atoms with E-state index in [-0.39, 0.29) is 12.6 Å². The van der Waals surface area contributed by atoms with Crippen molar-refractivity contribution < 1.29 is 13.5 Å². The molecule has 21 heavy (non-hydrogen) atoms. The quantitative estimate of drug-likeness (QED) is 0.689. The lowest BCUT2D eigenvalue weighted by molar-refractivity contribution is 0.281. The molecule has 0 amide bonds. The average molecular weight is 313 g/mol. The smallest absolute Gasteiger partial charge is 0.241 e. The van der Waals surface area contributed by atoms with Gasteiger partial charge in [0.05, 0.1) is 11.5 Å². The molecule has 0 aliphatic rings. The number of nitrogens with one attached hydrogen (secondary N) is 1. The Kier molecular flexibility index (Phi) is 7.35. The van der Waals surface area contributed by atoms with Crippen molar-refractivity contribution in [2.45, 2.75) is 70.4 Å². The van der Waals surface area contributed by atoms with Gasteiger partial charge in [0.15, 0.2) is 0 Å². The summed E-state index contributed by atoms with van der Waals surface area (Å²) in [6, 6.07) is 5.04. The number of aryl methyl sites for hydroxylation is 1. The topological polar surface area (TPSA) is 66.4 Å². The van der Waals surface area contributed by atoms with Gasteiger partial charge in [-0.1, -0.05) is 45.2 Å². The first-order valence-corrected chi connectivity index (χ1v) is 9.17. The monoisotopic (exact) mass is 313 g/mol. The summed E-state index contributed by atoms with van der Waals surface area (Å²) < 4.78 is 27.8. The molecule has 0 saturated heterocycles. The number of hydrogen-bond donors (Lipinski definition) is 2. The van der Waals surface area contributed by atoms with Gasteiger partial charge in [-0.3, -0.25) is 0 Å². The zero-order valence-corrected chi connectivity index (χ0v) is 14.0. The Balaban J connectivity index is 2.91. The van der Waals surface area contributed by atoms with Gasteiger partial charge in [0.25, 0.3) is 0 Å². The second-order valence-corrected chi connectivity index (χ2v) is 7.15. The van der Waals surface area contributed by atoms with Crippen LogP contribution in [0.5, 0.6) is 0 Å². The first-order chi connectivity index (χ1) is 9.94. The second-order valence-electron chi connectivity index (χ2n) is 5.47. The highest BCUT2D eigenvalue weighted by Gasteiger charge is 2.20. The van der Waals surface area contributed by atoms with Crippen LogP contribution in [0.1, 0.15) is 57.6 Å². The van der Waals surface area contributed by atoms with Crippen molar-refractivity contribution in [1.82, 2.24) is 4.72 Å². The maximum atomic E-state index is 12.5. The Labute approximate surface area is 128 Å². The SMILES string of the molecule is CCCCCC(C)NS(=O)(=O)c1cc(CO)ccc1CC. The third-order valence-corrected chi connectivity index (χ3v) is 5.25. The molecule has 0 saturated carbocycles. The van der Waals surface area contributed by atoms with Crippen molar-refractivity contribution in [3.8, 4) is 0 Å². The Hall–Kier alpha value is -0.910. The summed E-state index contributed by atoms with van der Waals surface area (Å²) in [7, 11) is -3.53. The van der Waals surface area contributed by atoms with E-state index >= 15 is 0 Å². The molecule has 1 unspecified atom stereocenters. The zero-order valence-electron chi connectivity index (χ0n) is 13.2. The molecule has 4 nitrogen and oxygen atoms in total. The van der Waals surface area contributed by atoms with Gasteiger partial charge in [-0.15, -0.1) is 0 Å². The second kappa shape index (κ2) is 8.51. The van der Waals surface area contributed by atoms with Gasteiger partial charge < -0.3 is 5.11 Å². The van der Waals surface area contributed by atoms with E-state index in [9.17, 15) is 13.5 Å². The summed E-state index contributed by atoms with van der Waals surface area (Å²) in [6.45, 7) is 5.80. The van der Waals surface area contributed by atoms with Crippen LogP contribution in [0.15, 0.2) is 23.1 Å². The molecule has 2 N–H and O–H groups in total. The van der Waals surface area contributed by atoms with E-state index in [0.717, 1.165) is 31.2 Å². The summed E-state index contributed by atoms with van der Waals surface area (Å²) in [4.78, 5) is 0.291. The zero-order chi connectivity index (χ0) is 15.9. The minimum Gasteiger partial charge on any atom is -0.392 e. The molecule has 0 bridgehead atoms. The molecule has 0 heterocycles. The Morgan fingerprint density at radius 3 is 2.52 bits per heavy atom. The third-order valence-electron chi connectivity index (χ3n) is 3.58. The highest BCUT2D eigenvalue weighted by molar-refractivity contribution is 7.89. The van der Waals surface area contributed by atoms with Crippen molar-refractivity contribution >= 4 is 10.0 Å². The first kappa shape index (κ1) is 18.1. The van der Waals surface area contributed by atoms with E-state index in [0.29, 0.717) is 16.9 Å². The normalized spacial score (nSPS) is 13.3. The number of unbranched alkanes of at least 4 members (excludes halogenated alkanes) is 2. The molecule has 120 valence electrons. The van der Waals surface area contributed by atoms with E-state index in [1.807, 2.05) is 13.8 Å².